The van der Waals surface area contributed by atoms with Gasteiger partial charge in [-0.15, -0.1) is 0 Å². The van der Waals surface area contributed by atoms with Crippen LogP contribution in [0.4, 0.5) is 5.69 Å². The van der Waals surface area contributed by atoms with E-state index in [1.165, 1.54) is 0 Å². The zero-order chi connectivity index (χ0) is 23.6. The highest BCUT2D eigenvalue weighted by Crippen LogP contribution is 2.21. The molecule has 2 N–H and O–H groups in total. The number of anilines is 1. The van der Waals surface area contributed by atoms with Crippen LogP contribution in [-0.2, 0) is 20.4 Å². The van der Waals surface area contributed by atoms with Crippen LogP contribution >= 0.6 is 0 Å². The lowest BCUT2D eigenvalue weighted by Gasteiger charge is -2.24. The van der Waals surface area contributed by atoms with Crippen LogP contribution in [0.5, 0.6) is 5.75 Å². The molecule has 2 aromatic rings. The van der Waals surface area contributed by atoms with Crippen LogP contribution in [0.2, 0.25) is 19.6 Å². The highest BCUT2D eigenvalue weighted by molar-refractivity contribution is 6.69. The first kappa shape index (κ1) is 25.7. The van der Waals surface area contributed by atoms with E-state index < -0.39 is 8.32 Å². The van der Waals surface area contributed by atoms with Crippen molar-refractivity contribution >= 4 is 26.1 Å². The van der Waals surface area contributed by atoms with E-state index in [1.54, 1.807) is 0 Å². The van der Waals surface area contributed by atoms with Crippen molar-refractivity contribution in [2.45, 2.75) is 65.0 Å². The minimum atomic E-state index is -1.73. The molecule has 32 heavy (non-hydrogen) atoms. The maximum atomic E-state index is 11.9. The fourth-order valence-electron chi connectivity index (χ4n) is 3.22. The minimum absolute atomic E-state index is 0.0451. The topological polar surface area (TPSA) is 70.8 Å². The second-order valence-electron chi connectivity index (χ2n) is 9.08. The van der Waals surface area contributed by atoms with Gasteiger partial charge < -0.3 is 19.6 Å². The van der Waals surface area contributed by atoms with Crippen LogP contribution < -0.4 is 10.5 Å². The molecule has 0 heterocycles. The van der Waals surface area contributed by atoms with Gasteiger partial charge in [0.2, 0.25) is 0 Å². The van der Waals surface area contributed by atoms with Crippen molar-refractivity contribution in [3.8, 4) is 5.75 Å². The van der Waals surface area contributed by atoms with Gasteiger partial charge in [0, 0.05) is 18.5 Å². The van der Waals surface area contributed by atoms with Crippen molar-refractivity contribution in [1.82, 2.24) is 0 Å². The van der Waals surface area contributed by atoms with Gasteiger partial charge in [0.25, 0.3) is 0 Å². The third-order valence-corrected chi connectivity index (χ3v) is 5.53. The van der Waals surface area contributed by atoms with Crippen molar-refractivity contribution in [2.24, 2.45) is 0 Å². The molecule has 0 aliphatic heterocycles. The predicted octanol–water partition coefficient (Wildman–Crippen LogP) is 5.86. The summed E-state index contributed by atoms with van der Waals surface area (Å²) in [7, 11) is -1.73. The van der Waals surface area contributed by atoms with Gasteiger partial charge in [-0.1, -0.05) is 42.5 Å². The number of nitrogens with two attached hydrogens (primary N) is 1. The first-order valence-electron chi connectivity index (χ1n) is 11.2. The van der Waals surface area contributed by atoms with Crippen LogP contribution in [0.3, 0.4) is 0 Å². The lowest BCUT2D eigenvalue weighted by Crippen LogP contribution is -2.32. The molecule has 5 nitrogen and oxygen atoms in total. The molecule has 174 valence electrons. The second-order valence-corrected chi connectivity index (χ2v) is 13.5. The second kappa shape index (κ2) is 12.5. The Labute approximate surface area is 193 Å². The van der Waals surface area contributed by atoms with Crippen LogP contribution in [0.15, 0.2) is 54.6 Å². The molecule has 0 aliphatic carbocycles. The van der Waals surface area contributed by atoms with Gasteiger partial charge in [0.15, 0.2) is 8.32 Å². The van der Waals surface area contributed by atoms with Crippen molar-refractivity contribution in [2.75, 3.05) is 12.3 Å². The van der Waals surface area contributed by atoms with Gasteiger partial charge in [-0.05, 0) is 69.2 Å². The van der Waals surface area contributed by atoms with Crippen molar-refractivity contribution < 1.29 is 18.7 Å². The molecule has 0 saturated heterocycles. The molecule has 0 saturated carbocycles. The standard InChI is InChI=1S/C26H37NO4Si/c1-20(2)30-26(28)16-14-22-10-6-7-12-25(22)29-18-17-24(31-32(3,4)5)15-13-21-9-8-11-23(27)19-21/h6-13,15,19-20,24H,14,16-18,27H2,1-5H3. The molecular formula is C26H37NO4Si. The third kappa shape index (κ3) is 10.2. The Bertz CT molecular complexity index is 889. The summed E-state index contributed by atoms with van der Waals surface area (Å²) in [5, 5.41) is 0. The van der Waals surface area contributed by atoms with Crippen LogP contribution in [-0.4, -0.2) is 33.1 Å². The molecule has 0 spiro atoms. The van der Waals surface area contributed by atoms with Gasteiger partial charge >= 0.3 is 5.97 Å². The molecule has 0 bridgehead atoms. The monoisotopic (exact) mass is 455 g/mol. The highest BCUT2D eigenvalue weighted by atomic mass is 28.4. The highest BCUT2D eigenvalue weighted by Gasteiger charge is 2.20. The molecule has 6 heteroatoms. The van der Waals surface area contributed by atoms with Crippen LogP contribution in [0.25, 0.3) is 6.08 Å². The summed E-state index contributed by atoms with van der Waals surface area (Å²) >= 11 is 0. The molecule has 0 fully saturated rings. The van der Waals surface area contributed by atoms with E-state index in [0.29, 0.717) is 19.4 Å². The van der Waals surface area contributed by atoms with Gasteiger partial charge in [-0.2, -0.15) is 0 Å². The number of rotatable bonds is 12. The number of carbonyl (C=O) groups is 1. The number of ether oxygens (including phenoxy) is 2. The van der Waals surface area contributed by atoms with E-state index in [0.717, 1.165) is 29.0 Å². The van der Waals surface area contributed by atoms with E-state index in [-0.39, 0.29) is 18.2 Å². The summed E-state index contributed by atoms with van der Waals surface area (Å²) in [5.74, 6) is 0.613. The number of para-hydroxylation sites is 1. The number of benzene rings is 2. The number of esters is 1. The Kier molecular flexibility index (Phi) is 10.0. The molecule has 2 rings (SSSR count). The molecule has 2 aromatic carbocycles. The first-order chi connectivity index (χ1) is 15.1. The third-order valence-electron chi connectivity index (χ3n) is 4.52. The Morgan fingerprint density at radius 2 is 1.84 bits per heavy atom. The van der Waals surface area contributed by atoms with Gasteiger partial charge in [-0.25, -0.2) is 0 Å². The number of hydrogen-bond acceptors (Lipinski definition) is 5. The maximum Gasteiger partial charge on any atom is 0.306 e. The number of aryl methyl sites for hydroxylation is 1. The normalized spacial score (nSPS) is 12.8. The van der Waals surface area contributed by atoms with Crippen molar-refractivity contribution in [3.63, 3.8) is 0 Å². The molecular weight excluding hydrogens is 418 g/mol. The number of hydrogen-bond donors (Lipinski definition) is 1. The molecule has 1 atom stereocenters. The predicted molar refractivity (Wildman–Crippen MR) is 134 cm³/mol. The SMILES string of the molecule is CC(C)OC(=O)CCc1ccccc1OCCC(C=Cc1cccc(N)c1)O[Si](C)(C)C. The van der Waals surface area contributed by atoms with Gasteiger partial charge in [0.1, 0.15) is 5.75 Å². The van der Waals surface area contributed by atoms with Gasteiger partial charge in [-0.3, -0.25) is 4.79 Å². The average molecular weight is 456 g/mol. The van der Waals surface area contributed by atoms with E-state index >= 15 is 0 Å². The zero-order valence-corrected chi connectivity index (χ0v) is 21.0. The fraction of sp³-hybridized carbons (Fsp3) is 0.423. The maximum absolute atomic E-state index is 11.9. The lowest BCUT2D eigenvalue weighted by atomic mass is 10.1. The van der Waals surface area contributed by atoms with Crippen molar-refractivity contribution in [3.05, 3.63) is 65.7 Å². The van der Waals surface area contributed by atoms with Crippen molar-refractivity contribution in [1.29, 1.82) is 0 Å². The summed E-state index contributed by atoms with van der Waals surface area (Å²) in [6.07, 6.45) is 5.65. The number of carbonyl (C=O) groups excluding carboxylic acids is 1. The van der Waals surface area contributed by atoms with Gasteiger partial charge in [0.05, 0.1) is 18.8 Å². The average Bonchev–Trinajstić information content (AvgIpc) is 2.70. The Balaban J connectivity index is 1.97. The van der Waals surface area contributed by atoms with E-state index in [1.807, 2.05) is 62.4 Å². The number of nitrogen functional groups attached to an aromatic ring is 1. The molecule has 1 unspecified atom stereocenters. The Hall–Kier alpha value is -2.57. The Morgan fingerprint density at radius 3 is 2.53 bits per heavy atom. The lowest BCUT2D eigenvalue weighted by molar-refractivity contribution is -0.147. The van der Waals surface area contributed by atoms with Crippen LogP contribution in [0.1, 0.15) is 37.8 Å². The summed E-state index contributed by atoms with van der Waals surface area (Å²) < 4.78 is 17.7. The Morgan fingerprint density at radius 1 is 1.09 bits per heavy atom. The summed E-state index contributed by atoms with van der Waals surface area (Å²) in [6, 6.07) is 15.6. The van der Waals surface area contributed by atoms with E-state index in [9.17, 15) is 4.79 Å². The van der Waals surface area contributed by atoms with E-state index in [4.69, 9.17) is 19.6 Å². The summed E-state index contributed by atoms with van der Waals surface area (Å²) in [4.78, 5) is 11.9. The largest absolute Gasteiger partial charge is 0.493 e. The molecule has 0 aliphatic rings. The summed E-state index contributed by atoms with van der Waals surface area (Å²) in [5.41, 5.74) is 8.68. The molecule has 0 aromatic heterocycles. The van der Waals surface area contributed by atoms with E-state index in [2.05, 4.69) is 31.8 Å². The quantitative estimate of drug-likeness (QED) is 0.247. The van der Waals surface area contributed by atoms with Crippen LogP contribution in [0, 0.1) is 0 Å². The first-order valence-corrected chi connectivity index (χ1v) is 14.6. The fourth-order valence-corrected chi connectivity index (χ4v) is 4.33. The smallest absolute Gasteiger partial charge is 0.306 e. The molecule has 0 radical (unpaired) electrons. The zero-order valence-electron chi connectivity index (χ0n) is 20.0. The molecule has 0 amide bonds. The summed E-state index contributed by atoms with van der Waals surface area (Å²) in [6.45, 7) is 10.8. The minimum Gasteiger partial charge on any atom is -0.493 e.